The van der Waals surface area contributed by atoms with Gasteiger partial charge in [0.2, 0.25) is 6.04 Å². The van der Waals surface area contributed by atoms with E-state index in [1.807, 2.05) is 0 Å². The van der Waals surface area contributed by atoms with Crippen LogP contribution < -0.4 is 0 Å². The van der Waals surface area contributed by atoms with Gasteiger partial charge in [0, 0.05) is 17.9 Å². The molecule has 0 spiro atoms. The normalized spacial score (nSPS) is 21.5. The Morgan fingerprint density at radius 2 is 2.13 bits per heavy atom. The summed E-state index contributed by atoms with van der Waals surface area (Å²) in [5.41, 5.74) is -0.552. The van der Waals surface area contributed by atoms with Gasteiger partial charge in [-0.15, -0.1) is 0 Å². The number of nitrogens with zero attached hydrogens (tertiary/aromatic N) is 2. The van der Waals surface area contributed by atoms with Crippen molar-refractivity contribution in [3.8, 4) is 0 Å². The summed E-state index contributed by atoms with van der Waals surface area (Å²) in [7, 11) is 0. The van der Waals surface area contributed by atoms with Crippen molar-refractivity contribution in [1.82, 2.24) is 4.90 Å². The Labute approximate surface area is 88.3 Å². The fourth-order valence-electron chi connectivity index (χ4n) is 1.41. The van der Waals surface area contributed by atoms with Gasteiger partial charge in [-0.05, 0) is 20.8 Å². The summed E-state index contributed by atoms with van der Waals surface area (Å²) in [6.07, 6.45) is -0.0569. The second-order valence-corrected chi connectivity index (χ2v) is 4.65. The van der Waals surface area contributed by atoms with E-state index in [1.54, 1.807) is 20.8 Å². The third kappa shape index (κ3) is 3.38. The van der Waals surface area contributed by atoms with E-state index in [4.69, 9.17) is 4.74 Å². The molecule has 0 bridgehead atoms. The molecule has 6 heteroatoms. The van der Waals surface area contributed by atoms with Crippen molar-refractivity contribution in [2.45, 2.75) is 38.8 Å². The fourth-order valence-corrected chi connectivity index (χ4v) is 1.41. The smallest absolute Gasteiger partial charge is 0.410 e. The molecule has 1 aliphatic rings. The van der Waals surface area contributed by atoms with Crippen LogP contribution in [0.5, 0.6) is 0 Å². The molecular formula is C9H16N2O4. The molecular weight excluding hydrogens is 200 g/mol. The van der Waals surface area contributed by atoms with Crippen molar-refractivity contribution < 1.29 is 14.5 Å². The lowest BCUT2D eigenvalue weighted by molar-refractivity contribution is -0.517. The molecule has 0 aromatic heterocycles. The minimum absolute atomic E-state index is 0.155. The molecule has 1 aliphatic heterocycles. The Hall–Kier alpha value is -1.33. The van der Waals surface area contributed by atoms with Crippen LogP contribution >= 0.6 is 0 Å². The lowest BCUT2D eigenvalue weighted by Gasteiger charge is -2.23. The third-order valence-electron chi connectivity index (χ3n) is 2.11. The van der Waals surface area contributed by atoms with E-state index in [9.17, 15) is 14.9 Å². The highest BCUT2D eigenvalue weighted by Gasteiger charge is 2.35. The van der Waals surface area contributed by atoms with Gasteiger partial charge in [0.25, 0.3) is 0 Å². The van der Waals surface area contributed by atoms with Gasteiger partial charge in [-0.2, -0.15) is 0 Å². The second-order valence-electron chi connectivity index (χ2n) is 4.65. The summed E-state index contributed by atoms with van der Waals surface area (Å²) in [4.78, 5) is 23.0. The maximum atomic E-state index is 11.5. The van der Waals surface area contributed by atoms with Crippen LogP contribution in [0.1, 0.15) is 27.2 Å². The Bertz CT molecular complexity index is 272. The molecule has 1 amide bonds. The maximum absolute atomic E-state index is 11.5. The molecule has 1 saturated heterocycles. The van der Waals surface area contributed by atoms with E-state index in [1.165, 1.54) is 4.90 Å². The zero-order valence-corrected chi connectivity index (χ0v) is 9.23. The number of rotatable bonds is 1. The Balaban J connectivity index is 2.47. The second kappa shape index (κ2) is 4.04. The number of amides is 1. The van der Waals surface area contributed by atoms with E-state index in [2.05, 4.69) is 0 Å². The summed E-state index contributed by atoms with van der Waals surface area (Å²) in [6, 6.07) is -0.641. The highest BCUT2D eigenvalue weighted by Crippen LogP contribution is 2.16. The molecule has 15 heavy (non-hydrogen) atoms. The molecule has 86 valence electrons. The van der Waals surface area contributed by atoms with Crippen LogP contribution in [0.2, 0.25) is 0 Å². The quantitative estimate of drug-likeness (QED) is 0.488. The molecule has 1 fully saturated rings. The highest BCUT2D eigenvalue weighted by molar-refractivity contribution is 5.68. The van der Waals surface area contributed by atoms with Crippen molar-refractivity contribution in [1.29, 1.82) is 0 Å². The first kappa shape index (κ1) is 11.7. The van der Waals surface area contributed by atoms with E-state index in [-0.39, 0.29) is 11.5 Å². The number of nitro groups is 1. The number of hydrogen-bond donors (Lipinski definition) is 0. The Kier molecular flexibility index (Phi) is 3.16. The van der Waals surface area contributed by atoms with E-state index < -0.39 is 17.7 Å². The maximum Gasteiger partial charge on any atom is 0.410 e. The Morgan fingerprint density at radius 3 is 2.53 bits per heavy atom. The van der Waals surface area contributed by atoms with Gasteiger partial charge >= 0.3 is 6.09 Å². The minimum atomic E-state index is -0.641. The molecule has 1 atom stereocenters. The van der Waals surface area contributed by atoms with Crippen molar-refractivity contribution >= 4 is 6.09 Å². The van der Waals surface area contributed by atoms with Gasteiger partial charge in [-0.1, -0.05) is 0 Å². The number of ether oxygens (including phenoxy) is 1. The first-order valence-electron chi connectivity index (χ1n) is 4.91. The van der Waals surface area contributed by atoms with Gasteiger partial charge in [-0.3, -0.25) is 10.1 Å². The van der Waals surface area contributed by atoms with Crippen LogP contribution in [0, 0.1) is 10.1 Å². The zero-order chi connectivity index (χ0) is 11.6. The van der Waals surface area contributed by atoms with Crippen LogP contribution in [0.25, 0.3) is 0 Å². The predicted molar refractivity (Wildman–Crippen MR) is 53.2 cm³/mol. The number of carbonyl (C=O) groups is 1. The predicted octanol–water partition coefficient (Wildman–Crippen LogP) is 1.27. The van der Waals surface area contributed by atoms with Crippen LogP contribution in [0.4, 0.5) is 4.79 Å². The first-order valence-corrected chi connectivity index (χ1v) is 4.91. The average molecular weight is 216 g/mol. The van der Waals surface area contributed by atoms with Crippen LogP contribution in [0.3, 0.4) is 0 Å². The fraction of sp³-hybridized carbons (Fsp3) is 0.889. The van der Waals surface area contributed by atoms with Crippen LogP contribution in [0.15, 0.2) is 0 Å². The summed E-state index contributed by atoms with van der Waals surface area (Å²) < 4.78 is 5.11. The largest absolute Gasteiger partial charge is 0.444 e. The summed E-state index contributed by atoms with van der Waals surface area (Å²) in [5, 5.41) is 10.5. The van der Waals surface area contributed by atoms with Crippen LogP contribution in [-0.2, 0) is 4.74 Å². The average Bonchev–Trinajstić information content (AvgIpc) is 2.47. The van der Waals surface area contributed by atoms with E-state index in [0.717, 1.165) is 0 Å². The van der Waals surface area contributed by atoms with Crippen molar-refractivity contribution in [2.24, 2.45) is 0 Å². The lowest BCUT2D eigenvalue weighted by atomic mass is 10.2. The highest BCUT2D eigenvalue weighted by atomic mass is 16.6. The van der Waals surface area contributed by atoms with E-state index in [0.29, 0.717) is 13.0 Å². The molecule has 1 heterocycles. The topological polar surface area (TPSA) is 72.7 Å². The molecule has 1 unspecified atom stereocenters. The zero-order valence-electron chi connectivity index (χ0n) is 9.23. The summed E-state index contributed by atoms with van der Waals surface area (Å²) >= 11 is 0. The number of hydrogen-bond acceptors (Lipinski definition) is 4. The van der Waals surface area contributed by atoms with Crippen molar-refractivity contribution in [2.75, 3.05) is 13.1 Å². The standard InChI is InChI=1S/C9H16N2O4/c1-9(2,3)15-8(12)10-5-4-7(6-10)11(13)14/h7H,4-6H2,1-3H3. The molecule has 0 aromatic rings. The molecule has 0 radical (unpaired) electrons. The third-order valence-corrected chi connectivity index (χ3v) is 2.11. The molecule has 1 rings (SSSR count). The molecule has 0 N–H and O–H groups in total. The van der Waals surface area contributed by atoms with Gasteiger partial charge < -0.3 is 9.64 Å². The van der Waals surface area contributed by atoms with Crippen LogP contribution in [-0.4, -0.2) is 40.6 Å². The van der Waals surface area contributed by atoms with Gasteiger partial charge in [0.1, 0.15) is 5.60 Å². The molecule has 6 nitrogen and oxygen atoms in total. The summed E-state index contributed by atoms with van der Waals surface area (Å²) in [6.45, 7) is 5.87. The van der Waals surface area contributed by atoms with E-state index >= 15 is 0 Å². The molecule has 0 aromatic carbocycles. The van der Waals surface area contributed by atoms with Gasteiger partial charge in [0.05, 0.1) is 6.54 Å². The SMILES string of the molecule is CC(C)(C)OC(=O)N1CCC([N+](=O)[O-])C1. The molecule has 0 saturated carbocycles. The summed E-state index contributed by atoms with van der Waals surface area (Å²) in [5.74, 6) is 0. The van der Waals surface area contributed by atoms with Gasteiger partial charge in [0.15, 0.2) is 0 Å². The van der Waals surface area contributed by atoms with Gasteiger partial charge in [-0.25, -0.2) is 4.79 Å². The monoisotopic (exact) mass is 216 g/mol. The minimum Gasteiger partial charge on any atom is -0.444 e. The number of likely N-dealkylation sites (tertiary alicyclic amines) is 1. The number of carbonyl (C=O) groups excluding carboxylic acids is 1. The van der Waals surface area contributed by atoms with Crippen molar-refractivity contribution in [3.63, 3.8) is 0 Å². The molecule has 0 aliphatic carbocycles. The first-order chi connectivity index (χ1) is 6.79. The van der Waals surface area contributed by atoms with Crippen molar-refractivity contribution in [3.05, 3.63) is 10.1 Å². The Morgan fingerprint density at radius 1 is 1.53 bits per heavy atom. The lowest BCUT2D eigenvalue weighted by Crippen LogP contribution is -2.36.